The van der Waals surface area contributed by atoms with Crippen molar-refractivity contribution in [3.05, 3.63) is 291 Å². The summed E-state index contributed by atoms with van der Waals surface area (Å²) in [5.41, 5.74) is 13.1. The van der Waals surface area contributed by atoms with Crippen molar-refractivity contribution >= 4 is 45.6 Å². The number of benzene rings is 9. The summed E-state index contributed by atoms with van der Waals surface area (Å²) in [7, 11) is 2.01. The summed E-state index contributed by atoms with van der Waals surface area (Å²) in [6.07, 6.45) is 0. The second kappa shape index (κ2) is 26.9. The Morgan fingerprint density at radius 2 is 0.767 bits per heavy atom. The molecule has 0 unspecified atom stereocenters. The summed E-state index contributed by atoms with van der Waals surface area (Å²) in [6.45, 7) is 3.55. The Balaban J connectivity index is 0.000000157. The maximum absolute atomic E-state index is 5.58. The van der Waals surface area contributed by atoms with Gasteiger partial charge in [-0.2, -0.15) is 88.9 Å². The van der Waals surface area contributed by atoms with E-state index in [-0.39, 0.29) is 63.2 Å². The molecule has 3 aliphatic rings. The Morgan fingerprint density at radius 3 is 1.22 bits per heavy atom. The fraction of sp³-hybridized carbons (Fsp3) is 0.0164. The van der Waals surface area contributed by atoms with E-state index in [2.05, 4.69) is 150 Å². The van der Waals surface area contributed by atoms with Gasteiger partial charge in [0.15, 0.2) is 0 Å². The molecule has 0 spiro atoms. The number of anilines is 3. The molecule has 9 aromatic carbocycles. The van der Waals surface area contributed by atoms with E-state index in [0.29, 0.717) is 5.90 Å². The minimum atomic E-state index is 0. The minimum Gasteiger partial charge on any atom is -0.625 e. The van der Waals surface area contributed by atoms with Crippen molar-refractivity contribution in [1.29, 1.82) is 0 Å². The molecular formula is C61H45N7OPt3S-6. The zero-order chi connectivity index (χ0) is 47.3. The smallest absolute Gasteiger partial charge is 0.205 e. The number of para-hydroxylation sites is 3. The van der Waals surface area contributed by atoms with E-state index in [1.807, 2.05) is 150 Å². The van der Waals surface area contributed by atoms with Crippen LogP contribution in [-0.2, 0) is 67.9 Å². The molecule has 0 bridgehead atoms. The zero-order valence-electron chi connectivity index (χ0n) is 39.1. The summed E-state index contributed by atoms with van der Waals surface area (Å²) in [4.78, 5) is 2.03. The first kappa shape index (κ1) is 54.2. The first-order valence-electron chi connectivity index (χ1n) is 22.7. The van der Waals surface area contributed by atoms with E-state index in [4.69, 9.17) is 9.84 Å². The van der Waals surface area contributed by atoms with Gasteiger partial charge in [0.05, 0.1) is 5.04 Å². The van der Waals surface area contributed by atoms with Gasteiger partial charge in [-0.1, -0.05) is 175 Å². The molecule has 0 fully saturated rings. The minimum absolute atomic E-state index is 0. The molecule has 12 heteroatoms. The first-order valence-corrected chi connectivity index (χ1v) is 23.6. The largest absolute Gasteiger partial charge is 0.625 e. The number of hydrogen-bond donors (Lipinski definition) is 0. The Kier molecular flexibility index (Phi) is 20.0. The fourth-order valence-corrected chi connectivity index (χ4v) is 8.42. The predicted octanol–water partition coefficient (Wildman–Crippen LogP) is 14.0. The Morgan fingerprint density at radius 1 is 0.384 bits per heavy atom. The molecular weight excluding hydrogens is 1460 g/mol. The molecule has 12 rings (SSSR count). The average molecular weight is 1510 g/mol. The average Bonchev–Trinajstić information content (AvgIpc) is 4.25. The van der Waals surface area contributed by atoms with Gasteiger partial charge in [0, 0.05) is 79.9 Å². The van der Waals surface area contributed by atoms with Crippen molar-refractivity contribution in [2.45, 2.75) is 0 Å². The van der Waals surface area contributed by atoms with E-state index in [9.17, 15) is 0 Å². The van der Waals surface area contributed by atoms with E-state index in [0.717, 1.165) is 44.6 Å². The summed E-state index contributed by atoms with van der Waals surface area (Å²) in [6, 6.07) is 89.2. The van der Waals surface area contributed by atoms with Crippen LogP contribution in [0.5, 0.6) is 0 Å². The van der Waals surface area contributed by atoms with Gasteiger partial charge < -0.3 is 24.7 Å². The van der Waals surface area contributed by atoms with Crippen molar-refractivity contribution in [3.63, 3.8) is 0 Å². The maximum atomic E-state index is 5.58. The fourth-order valence-electron chi connectivity index (χ4n) is 7.65. The maximum Gasteiger partial charge on any atom is 0.205 e. The normalized spacial score (nSPS) is 13.2. The third kappa shape index (κ3) is 13.9. The van der Waals surface area contributed by atoms with Crippen molar-refractivity contribution in [2.24, 2.45) is 15.3 Å². The molecule has 3 aliphatic heterocycles. The summed E-state index contributed by atoms with van der Waals surface area (Å²) >= 11 is 1.63. The third-order valence-corrected chi connectivity index (χ3v) is 12.1. The van der Waals surface area contributed by atoms with Crippen LogP contribution in [0, 0.1) is 37.5 Å². The standard InChI is InChI=1S/C21H17N3.C20H14N2O.C20H14N2S.3Pt/c1-23-16-24(20-10-6-3-7-11-20)22-21(23)19-14-12-18(13-15-19)17-8-4-2-5-9-17;2*1-3-7-16(8-4-1)17-11-13-18(14-12-17)20-21-22(15-23-20)19-9-5-2-6-10-19;;;/h2-10,12-16H,1H3;2*1-9,11-15H;;;/q3*-2;;;. The van der Waals surface area contributed by atoms with Gasteiger partial charge in [-0.05, 0) is 52.6 Å². The Hall–Kier alpha value is -6.60. The quantitative estimate of drug-likeness (QED) is 0.134. The summed E-state index contributed by atoms with van der Waals surface area (Å²) in [5.74, 6) is 3.51. The van der Waals surface area contributed by atoms with Crippen LogP contribution < -0.4 is 15.0 Å². The summed E-state index contributed by atoms with van der Waals surface area (Å²) < 4.78 is 5.58. The molecule has 0 saturated carbocycles. The van der Waals surface area contributed by atoms with Crippen molar-refractivity contribution in [2.75, 3.05) is 22.1 Å². The van der Waals surface area contributed by atoms with Crippen molar-refractivity contribution in [3.8, 4) is 33.4 Å². The molecule has 0 atom stereocenters. The van der Waals surface area contributed by atoms with E-state index in [1.165, 1.54) is 33.4 Å². The van der Waals surface area contributed by atoms with Crippen LogP contribution >= 0.6 is 11.8 Å². The molecule has 0 N–H and O–H groups in total. The molecule has 0 saturated heterocycles. The third-order valence-electron chi connectivity index (χ3n) is 11.3. The number of nitrogens with zero attached hydrogens (tertiary/aromatic N) is 7. The van der Waals surface area contributed by atoms with Crippen LogP contribution in [0.15, 0.2) is 252 Å². The van der Waals surface area contributed by atoms with Crippen LogP contribution in [0.1, 0.15) is 16.7 Å². The Bertz CT molecular complexity index is 3030. The number of ether oxygens (including phenoxy) is 1. The van der Waals surface area contributed by atoms with Crippen LogP contribution in [0.25, 0.3) is 33.4 Å². The molecule has 3 heterocycles. The molecule has 9 aromatic rings. The van der Waals surface area contributed by atoms with Crippen LogP contribution in [0.3, 0.4) is 0 Å². The van der Waals surface area contributed by atoms with Crippen LogP contribution in [0.2, 0.25) is 0 Å². The number of hydrogen-bond acceptors (Lipinski definition) is 9. The second-order valence-electron chi connectivity index (χ2n) is 16.0. The van der Waals surface area contributed by atoms with Gasteiger partial charge in [-0.15, -0.1) is 24.9 Å². The van der Waals surface area contributed by atoms with Gasteiger partial charge >= 0.3 is 0 Å². The summed E-state index contributed by atoms with van der Waals surface area (Å²) in [5, 5.41) is 20.2. The van der Waals surface area contributed by atoms with Crippen LogP contribution in [-0.4, -0.2) is 28.7 Å². The molecule has 0 radical (unpaired) electrons. The number of rotatable bonds is 9. The molecule has 0 amide bonds. The Labute approximate surface area is 475 Å². The van der Waals surface area contributed by atoms with Gasteiger partial charge in [0.2, 0.25) is 5.90 Å². The molecule has 73 heavy (non-hydrogen) atoms. The van der Waals surface area contributed by atoms with Gasteiger partial charge in [0.1, 0.15) is 5.84 Å². The van der Waals surface area contributed by atoms with Crippen molar-refractivity contribution in [1.82, 2.24) is 4.90 Å². The number of hydrazone groups is 3. The monoisotopic (exact) mass is 1510 g/mol. The van der Waals surface area contributed by atoms with Gasteiger partial charge in [-0.3, -0.25) is 11.8 Å². The van der Waals surface area contributed by atoms with Gasteiger partial charge in [0.25, 0.3) is 0 Å². The van der Waals surface area contributed by atoms with Gasteiger partial charge in [-0.25, -0.2) is 5.10 Å². The molecule has 0 aromatic heterocycles. The van der Waals surface area contributed by atoms with Crippen LogP contribution in [0.4, 0.5) is 17.1 Å². The van der Waals surface area contributed by atoms with E-state index >= 15 is 0 Å². The SMILES string of the molecule is CN1[CH-]N(c2[c-]cccc2)N=C1c1ccc(-c2ccccc2)cc1.[Pt].[Pt].[Pt].[c-]1ccccc1N1[CH-]OC(c2ccc(-c3ccccc3)cc2)=N1.[c-]1ccccc1N1[CH-]SC(c2ccc(-c3ccccc3)cc2)=N1. The molecule has 372 valence electrons. The first-order chi connectivity index (χ1) is 34.6. The molecule has 0 aliphatic carbocycles. The predicted molar refractivity (Wildman–Crippen MR) is 288 cm³/mol. The van der Waals surface area contributed by atoms with E-state index < -0.39 is 0 Å². The topological polar surface area (TPSA) is 59.3 Å². The van der Waals surface area contributed by atoms with Crippen molar-refractivity contribution < 1.29 is 67.9 Å². The molecule has 8 nitrogen and oxygen atoms in total. The van der Waals surface area contributed by atoms with E-state index in [1.54, 1.807) is 23.5 Å². The number of amidine groups is 1. The second-order valence-corrected chi connectivity index (χ2v) is 16.8. The number of thioether (sulfide) groups is 1. The zero-order valence-corrected chi connectivity index (χ0v) is 46.8.